The van der Waals surface area contributed by atoms with Gasteiger partial charge in [-0.1, -0.05) is 29.3 Å². The van der Waals surface area contributed by atoms with Gasteiger partial charge in [0.25, 0.3) is 0 Å². The zero-order valence-corrected chi connectivity index (χ0v) is 14.2. The highest BCUT2D eigenvalue weighted by Crippen LogP contribution is 2.23. The fourth-order valence-electron chi connectivity index (χ4n) is 3.00. The largest absolute Gasteiger partial charge is 0.379 e. The predicted molar refractivity (Wildman–Crippen MR) is 88.7 cm³/mol. The molecule has 3 rings (SSSR count). The lowest BCUT2D eigenvalue weighted by Gasteiger charge is -2.36. The third-order valence-electron chi connectivity index (χ3n) is 4.18. The Bertz CT molecular complexity index is 495. The predicted octanol–water partition coefficient (Wildman–Crippen LogP) is 2.53. The van der Waals surface area contributed by atoms with Crippen molar-refractivity contribution >= 4 is 23.2 Å². The van der Waals surface area contributed by atoms with Gasteiger partial charge in [-0.25, -0.2) is 0 Å². The molecular formula is C16H22Cl2N2O2. The van der Waals surface area contributed by atoms with Crippen LogP contribution >= 0.6 is 23.2 Å². The van der Waals surface area contributed by atoms with Gasteiger partial charge < -0.3 is 9.47 Å². The molecule has 4 nitrogen and oxygen atoms in total. The molecule has 1 atom stereocenters. The number of halogens is 2. The summed E-state index contributed by atoms with van der Waals surface area (Å²) in [7, 11) is 0. The van der Waals surface area contributed by atoms with Crippen molar-refractivity contribution in [3.8, 4) is 0 Å². The molecule has 0 N–H and O–H groups in total. The smallest absolute Gasteiger partial charge is 0.0829 e. The standard InChI is InChI=1S/C16H22Cl2N2O2/c17-15-2-1-13(9-16(15)18)10-20-5-8-22-14(12-20)11-19-3-6-21-7-4-19/h1-2,9,14H,3-8,10-12H2. The molecule has 1 unspecified atom stereocenters. The zero-order chi connectivity index (χ0) is 15.4. The van der Waals surface area contributed by atoms with E-state index in [1.54, 1.807) is 0 Å². The Morgan fingerprint density at radius 2 is 1.77 bits per heavy atom. The van der Waals surface area contributed by atoms with Crippen LogP contribution in [-0.4, -0.2) is 68.4 Å². The Kier molecular flexibility index (Phi) is 5.96. The number of ether oxygens (including phenoxy) is 2. The van der Waals surface area contributed by atoms with E-state index in [0.29, 0.717) is 10.0 Å². The second kappa shape index (κ2) is 7.95. The van der Waals surface area contributed by atoms with Gasteiger partial charge in [-0.15, -0.1) is 0 Å². The molecule has 2 saturated heterocycles. The molecule has 122 valence electrons. The van der Waals surface area contributed by atoms with E-state index in [4.69, 9.17) is 32.7 Å². The average Bonchev–Trinajstić information content (AvgIpc) is 2.52. The summed E-state index contributed by atoms with van der Waals surface area (Å²) in [6.45, 7) is 8.26. The van der Waals surface area contributed by atoms with Gasteiger partial charge in [-0.05, 0) is 17.7 Å². The van der Waals surface area contributed by atoms with Gasteiger partial charge in [0.05, 0.1) is 36.0 Å². The second-order valence-electron chi connectivity index (χ2n) is 5.89. The lowest BCUT2D eigenvalue weighted by molar-refractivity contribution is -0.0589. The summed E-state index contributed by atoms with van der Waals surface area (Å²) in [5.41, 5.74) is 1.20. The zero-order valence-electron chi connectivity index (χ0n) is 12.6. The first-order chi connectivity index (χ1) is 10.7. The van der Waals surface area contributed by atoms with Crippen LogP contribution in [0.5, 0.6) is 0 Å². The molecule has 0 spiro atoms. The molecule has 2 aliphatic rings. The van der Waals surface area contributed by atoms with Crippen LogP contribution in [0.2, 0.25) is 10.0 Å². The van der Waals surface area contributed by atoms with Gasteiger partial charge in [0, 0.05) is 39.3 Å². The van der Waals surface area contributed by atoms with Crippen molar-refractivity contribution < 1.29 is 9.47 Å². The molecule has 0 bridgehead atoms. The molecule has 0 amide bonds. The maximum atomic E-state index is 6.10. The molecular weight excluding hydrogens is 323 g/mol. The summed E-state index contributed by atoms with van der Waals surface area (Å²) in [6.07, 6.45) is 0.273. The summed E-state index contributed by atoms with van der Waals surface area (Å²) in [5.74, 6) is 0. The number of rotatable bonds is 4. The Balaban J connectivity index is 1.52. The average molecular weight is 345 g/mol. The summed E-state index contributed by atoms with van der Waals surface area (Å²) in [4.78, 5) is 4.85. The van der Waals surface area contributed by atoms with E-state index in [1.807, 2.05) is 18.2 Å². The van der Waals surface area contributed by atoms with Crippen molar-refractivity contribution in [3.63, 3.8) is 0 Å². The van der Waals surface area contributed by atoms with Crippen LogP contribution in [0.4, 0.5) is 0 Å². The van der Waals surface area contributed by atoms with Crippen LogP contribution in [-0.2, 0) is 16.0 Å². The topological polar surface area (TPSA) is 24.9 Å². The second-order valence-corrected chi connectivity index (χ2v) is 6.70. The van der Waals surface area contributed by atoms with Crippen molar-refractivity contribution in [2.75, 3.05) is 52.5 Å². The van der Waals surface area contributed by atoms with E-state index in [1.165, 1.54) is 5.56 Å². The maximum Gasteiger partial charge on any atom is 0.0829 e. The minimum Gasteiger partial charge on any atom is -0.379 e. The van der Waals surface area contributed by atoms with Gasteiger partial charge in [0.1, 0.15) is 0 Å². The molecule has 2 aliphatic heterocycles. The molecule has 0 aliphatic carbocycles. The highest BCUT2D eigenvalue weighted by atomic mass is 35.5. The monoisotopic (exact) mass is 344 g/mol. The molecule has 0 radical (unpaired) electrons. The molecule has 0 aromatic heterocycles. The van der Waals surface area contributed by atoms with Crippen LogP contribution in [0.15, 0.2) is 18.2 Å². The van der Waals surface area contributed by atoms with Crippen LogP contribution in [0.25, 0.3) is 0 Å². The quantitative estimate of drug-likeness (QED) is 0.837. The third-order valence-corrected chi connectivity index (χ3v) is 4.92. The molecule has 22 heavy (non-hydrogen) atoms. The van der Waals surface area contributed by atoms with Crippen molar-refractivity contribution in [2.24, 2.45) is 0 Å². The van der Waals surface area contributed by atoms with Crippen molar-refractivity contribution in [1.29, 1.82) is 0 Å². The first kappa shape index (κ1) is 16.5. The molecule has 6 heteroatoms. The highest BCUT2D eigenvalue weighted by molar-refractivity contribution is 6.42. The van der Waals surface area contributed by atoms with E-state index < -0.39 is 0 Å². The Morgan fingerprint density at radius 1 is 1.00 bits per heavy atom. The van der Waals surface area contributed by atoms with E-state index in [0.717, 1.165) is 59.1 Å². The molecule has 1 aromatic carbocycles. The molecule has 0 saturated carbocycles. The minimum absolute atomic E-state index is 0.273. The van der Waals surface area contributed by atoms with Crippen LogP contribution in [0.3, 0.4) is 0 Å². The fraction of sp³-hybridized carbons (Fsp3) is 0.625. The molecule has 1 aromatic rings. The molecule has 2 fully saturated rings. The van der Waals surface area contributed by atoms with Gasteiger partial charge in [-0.2, -0.15) is 0 Å². The first-order valence-corrected chi connectivity index (χ1v) is 8.54. The summed E-state index contributed by atoms with van der Waals surface area (Å²) in [5, 5.41) is 1.23. The lowest BCUT2D eigenvalue weighted by atomic mass is 10.2. The minimum atomic E-state index is 0.273. The first-order valence-electron chi connectivity index (χ1n) is 7.79. The summed E-state index contributed by atoms with van der Waals surface area (Å²) < 4.78 is 11.3. The third kappa shape index (κ3) is 4.57. The normalized spacial score (nSPS) is 24.5. The Labute approximate surface area is 141 Å². The van der Waals surface area contributed by atoms with Crippen molar-refractivity contribution in [2.45, 2.75) is 12.6 Å². The van der Waals surface area contributed by atoms with Gasteiger partial charge in [0.2, 0.25) is 0 Å². The Hall–Kier alpha value is -0.360. The molecule has 2 heterocycles. The number of morpholine rings is 2. The Morgan fingerprint density at radius 3 is 2.55 bits per heavy atom. The number of hydrogen-bond acceptors (Lipinski definition) is 4. The number of hydrogen-bond donors (Lipinski definition) is 0. The van der Waals surface area contributed by atoms with E-state index in [2.05, 4.69) is 9.80 Å². The SMILES string of the molecule is Clc1ccc(CN2CCOC(CN3CCOCC3)C2)cc1Cl. The summed E-state index contributed by atoms with van der Waals surface area (Å²) >= 11 is 12.1. The summed E-state index contributed by atoms with van der Waals surface area (Å²) in [6, 6.07) is 5.86. The maximum absolute atomic E-state index is 6.10. The van der Waals surface area contributed by atoms with Crippen LogP contribution < -0.4 is 0 Å². The number of nitrogens with zero attached hydrogens (tertiary/aromatic N) is 2. The highest BCUT2D eigenvalue weighted by Gasteiger charge is 2.23. The van der Waals surface area contributed by atoms with E-state index in [9.17, 15) is 0 Å². The van der Waals surface area contributed by atoms with Crippen LogP contribution in [0.1, 0.15) is 5.56 Å². The van der Waals surface area contributed by atoms with E-state index in [-0.39, 0.29) is 6.10 Å². The van der Waals surface area contributed by atoms with Crippen molar-refractivity contribution in [3.05, 3.63) is 33.8 Å². The van der Waals surface area contributed by atoms with Crippen LogP contribution in [0, 0.1) is 0 Å². The number of benzene rings is 1. The van der Waals surface area contributed by atoms with Gasteiger partial charge in [-0.3, -0.25) is 9.80 Å². The van der Waals surface area contributed by atoms with Gasteiger partial charge >= 0.3 is 0 Å². The van der Waals surface area contributed by atoms with E-state index >= 15 is 0 Å². The van der Waals surface area contributed by atoms with Crippen molar-refractivity contribution in [1.82, 2.24) is 9.80 Å². The fourth-order valence-corrected chi connectivity index (χ4v) is 3.32. The lowest BCUT2D eigenvalue weighted by Crippen LogP contribution is -2.49. The van der Waals surface area contributed by atoms with Gasteiger partial charge in [0.15, 0.2) is 0 Å².